The number of hydrogen-bond acceptors (Lipinski definition) is 4. The standard InChI is InChI=1S/C15H24N2O4S/c1-20-14-7-6-13(12-15(14)21-2)22(18,19)16-8-5-11-17-9-3-4-10-17/h6-7,12,16H,3-5,8-11H2,1-2H3/p+1. The number of nitrogens with one attached hydrogen (secondary N) is 2. The molecule has 6 nitrogen and oxygen atoms in total. The Hall–Kier alpha value is -1.31. The second kappa shape index (κ2) is 7.80. The van der Waals surface area contributed by atoms with E-state index in [0.717, 1.165) is 13.0 Å². The molecular weight excluding hydrogens is 304 g/mol. The first kappa shape index (κ1) is 17.1. The molecule has 1 aromatic carbocycles. The first-order chi connectivity index (χ1) is 10.6. The van der Waals surface area contributed by atoms with Crippen LogP contribution >= 0.6 is 0 Å². The number of rotatable bonds is 8. The van der Waals surface area contributed by atoms with Gasteiger partial charge in [-0.15, -0.1) is 0 Å². The van der Waals surface area contributed by atoms with Crippen LogP contribution in [0, 0.1) is 0 Å². The van der Waals surface area contributed by atoms with Gasteiger partial charge in [-0.25, -0.2) is 13.1 Å². The molecule has 0 spiro atoms. The molecule has 1 saturated heterocycles. The third-order valence-electron chi connectivity index (χ3n) is 3.98. The lowest BCUT2D eigenvalue weighted by molar-refractivity contribution is -0.887. The number of sulfonamides is 1. The van der Waals surface area contributed by atoms with Crippen LogP contribution in [0.2, 0.25) is 0 Å². The van der Waals surface area contributed by atoms with Gasteiger partial charge in [-0.1, -0.05) is 0 Å². The summed E-state index contributed by atoms with van der Waals surface area (Å²) < 4.78 is 37.5. The molecule has 0 atom stereocenters. The van der Waals surface area contributed by atoms with Crippen LogP contribution in [-0.2, 0) is 10.0 Å². The zero-order chi connectivity index (χ0) is 16.0. The highest BCUT2D eigenvalue weighted by Crippen LogP contribution is 2.29. The van der Waals surface area contributed by atoms with Gasteiger partial charge in [0.15, 0.2) is 11.5 Å². The summed E-state index contributed by atoms with van der Waals surface area (Å²) in [6, 6.07) is 4.60. The molecule has 0 bridgehead atoms. The molecule has 1 aromatic rings. The highest BCUT2D eigenvalue weighted by Gasteiger charge is 2.18. The van der Waals surface area contributed by atoms with Gasteiger partial charge in [0.1, 0.15) is 0 Å². The maximum Gasteiger partial charge on any atom is 0.240 e. The van der Waals surface area contributed by atoms with Crippen molar-refractivity contribution in [3.8, 4) is 11.5 Å². The second-order valence-corrected chi connectivity index (χ2v) is 7.24. The van der Waals surface area contributed by atoms with Crippen LogP contribution in [0.15, 0.2) is 23.1 Å². The molecule has 0 unspecified atom stereocenters. The van der Waals surface area contributed by atoms with Gasteiger partial charge >= 0.3 is 0 Å². The number of likely N-dealkylation sites (tertiary alicyclic amines) is 1. The third-order valence-corrected chi connectivity index (χ3v) is 5.43. The first-order valence-corrected chi connectivity index (χ1v) is 9.10. The molecule has 0 aromatic heterocycles. The van der Waals surface area contributed by atoms with E-state index in [4.69, 9.17) is 9.47 Å². The Balaban J connectivity index is 1.91. The topological polar surface area (TPSA) is 69.1 Å². The fraction of sp³-hybridized carbons (Fsp3) is 0.600. The molecular formula is C15H25N2O4S+. The molecule has 2 rings (SSSR count). The molecule has 1 fully saturated rings. The van der Waals surface area contributed by atoms with Crippen molar-refractivity contribution in [2.24, 2.45) is 0 Å². The van der Waals surface area contributed by atoms with E-state index in [1.54, 1.807) is 11.0 Å². The molecule has 0 radical (unpaired) electrons. The maximum atomic E-state index is 12.3. The van der Waals surface area contributed by atoms with Crippen LogP contribution in [0.1, 0.15) is 19.3 Å². The van der Waals surface area contributed by atoms with Gasteiger partial charge in [0.2, 0.25) is 10.0 Å². The SMILES string of the molecule is COc1ccc(S(=O)(=O)NCCC[NH+]2CCCC2)cc1OC. The van der Waals surface area contributed by atoms with E-state index < -0.39 is 10.0 Å². The minimum absolute atomic E-state index is 0.193. The fourth-order valence-electron chi connectivity index (χ4n) is 2.74. The monoisotopic (exact) mass is 329 g/mol. The van der Waals surface area contributed by atoms with E-state index in [1.165, 1.54) is 52.3 Å². The average Bonchev–Trinajstić information content (AvgIpc) is 3.04. The normalized spacial score (nSPS) is 15.9. The van der Waals surface area contributed by atoms with E-state index in [-0.39, 0.29) is 4.90 Å². The quantitative estimate of drug-likeness (QED) is 0.662. The predicted octanol–water partition coefficient (Wildman–Crippen LogP) is 0.0509. The van der Waals surface area contributed by atoms with Crippen LogP contribution in [0.3, 0.4) is 0 Å². The molecule has 2 N–H and O–H groups in total. The highest BCUT2D eigenvalue weighted by atomic mass is 32.2. The summed E-state index contributed by atoms with van der Waals surface area (Å²) in [5.41, 5.74) is 0. The largest absolute Gasteiger partial charge is 0.493 e. The molecule has 0 amide bonds. The summed E-state index contributed by atoms with van der Waals surface area (Å²) in [6.45, 7) is 3.90. The van der Waals surface area contributed by atoms with E-state index in [9.17, 15) is 8.42 Å². The summed E-state index contributed by atoms with van der Waals surface area (Å²) in [4.78, 5) is 1.77. The Morgan fingerprint density at radius 1 is 1.14 bits per heavy atom. The van der Waals surface area contributed by atoms with Gasteiger partial charge in [-0.2, -0.15) is 0 Å². The number of benzene rings is 1. The van der Waals surface area contributed by atoms with E-state index in [0.29, 0.717) is 18.0 Å². The van der Waals surface area contributed by atoms with Crippen LogP contribution < -0.4 is 19.1 Å². The van der Waals surface area contributed by atoms with E-state index in [1.807, 2.05) is 0 Å². The van der Waals surface area contributed by atoms with Crippen molar-refractivity contribution in [1.29, 1.82) is 0 Å². The van der Waals surface area contributed by atoms with Crippen molar-refractivity contribution in [3.05, 3.63) is 18.2 Å². The van der Waals surface area contributed by atoms with Crippen LogP contribution in [0.4, 0.5) is 0 Å². The van der Waals surface area contributed by atoms with Crippen molar-refractivity contribution in [2.75, 3.05) is 40.4 Å². The number of hydrogen-bond donors (Lipinski definition) is 2. The van der Waals surface area contributed by atoms with Crippen molar-refractivity contribution < 1.29 is 22.8 Å². The van der Waals surface area contributed by atoms with Gasteiger partial charge in [0.25, 0.3) is 0 Å². The molecule has 7 heteroatoms. The minimum atomic E-state index is -3.51. The van der Waals surface area contributed by atoms with Crippen LogP contribution in [0.5, 0.6) is 11.5 Å². The molecule has 1 aliphatic rings. The van der Waals surface area contributed by atoms with Gasteiger partial charge < -0.3 is 14.4 Å². The van der Waals surface area contributed by atoms with Gasteiger partial charge in [-0.05, 0) is 12.1 Å². The first-order valence-electron chi connectivity index (χ1n) is 7.62. The molecule has 1 heterocycles. The Kier molecular flexibility index (Phi) is 6.05. The Morgan fingerprint density at radius 3 is 2.45 bits per heavy atom. The van der Waals surface area contributed by atoms with Gasteiger partial charge in [-0.3, -0.25) is 0 Å². The minimum Gasteiger partial charge on any atom is -0.493 e. The average molecular weight is 329 g/mol. The second-order valence-electron chi connectivity index (χ2n) is 5.48. The molecule has 124 valence electrons. The predicted molar refractivity (Wildman–Crippen MR) is 84.1 cm³/mol. The Morgan fingerprint density at radius 2 is 1.82 bits per heavy atom. The number of methoxy groups -OCH3 is 2. The molecule has 0 saturated carbocycles. The van der Waals surface area contributed by atoms with Crippen molar-refractivity contribution >= 4 is 10.0 Å². The van der Waals surface area contributed by atoms with Crippen LogP contribution in [0.25, 0.3) is 0 Å². The lowest BCUT2D eigenvalue weighted by Crippen LogP contribution is -3.10. The highest BCUT2D eigenvalue weighted by molar-refractivity contribution is 7.89. The lowest BCUT2D eigenvalue weighted by Gasteiger charge is -2.13. The number of ether oxygens (including phenoxy) is 2. The fourth-order valence-corrected chi connectivity index (χ4v) is 3.83. The van der Waals surface area contributed by atoms with Crippen molar-refractivity contribution in [3.63, 3.8) is 0 Å². The Labute approximate surface area is 132 Å². The zero-order valence-electron chi connectivity index (χ0n) is 13.2. The summed E-state index contributed by atoms with van der Waals surface area (Å²) in [6.07, 6.45) is 3.42. The molecule has 22 heavy (non-hydrogen) atoms. The zero-order valence-corrected chi connectivity index (χ0v) is 14.0. The summed E-state index contributed by atoms with van der Waals surface area (Å²) >= 11 is 0. The summed E-state index contributed by atoms with van der Waals surface area (Å²) in [5, 5.41) is 0. The lowest BCUT2D eigenvalue weighted by atomic mass is 10.3. The smallest absolute Gasteiger partial charge is 0.240 e. The van der Waals surface area contributed by atoms with Gasteiger partial charge in [0.05, 0.1) is 38.7 Å². The van der Waals surface area contributed by atoms with Crippen LogP contribution in [-0.4, -0.2) is 48.8 Å². The Bertz CT molecular complexity index is 583. The number of quaternary nitrogens is 1. The maximum absolute atomic E-state index is 12.3. The molecule has 0 aliphatic carbocycles. The van der Waals surface area contributed by atoms with Gasteiger partial charge in [0, 0.05) is 31.9 Å². The van der Waals surface area contributed by atoms with Crippen molar-refractivity contribution in [2.45, 2.75) is 24.2 Å². The van der Waals surface area contributed by atoms with E-state index >= 15 is 0 Å². The third kappa shape index (κ3) is 4.34. The van der Waals surface area contributed by atoms with E-state index in [2.05, 4.69) is 4.72 Å². The summed E-state index contributed by atoms with van der Waals surface area (Å²) in [5.74, 6) is 0.922. The summed E-state index contributed by atoms with van der Waals surface area (Å²) in [7, 11) is -0.503. The van der Waals surface area contributed by atoms with Crippen molar-refractivity contribution in [1.82, 2.24) is 4.72 Å². The molecule has 1 aliphatic heterocycles.